The highest BCUT2D eigenvalue weighted by atomic mass is 16.5. The Balaban J connectivity index is 1.90. The number of allylic oxidation sites excluding steroid dienone is 1. The number of rotatable bonds is 8. The van der Waals surface area contributed by atoms with Crippen LogP contribution >= 0.6 is 0 Å². The van der Waals surface area contributed by atoms with Crippen LogP contribution in [0, 0.1) is 5.41 Å². The first kappa shape index (κ1) is 19.6. The molecule has 9 heteroatoms. The predicted molar refractivity (Wildman–Crippen MR) is 100 cm³/mol. The van der Waals surface area contributed by atoms with Gasteiger partial charge >= 0.3 is 5.97 Å². The van der Waals surface area contributed by atoms with Gasteiger partial charge in [0.2, 0.25) is 0 Å². The number of nitrogens with one attached hydrogen (secondary N) is 3. The van der Waals surface area contributed by atoms with Gasteiger partial charge in [-0.05, 0) is 24.1 Å². The molecule has 1 aromatic heterocycles. The Morgan fingerprint density at radius 3 is 2.78 bits per heavy atom. The summed E-state index contributed by atoms with van der Waals surface area (Å²) in [5.41, 5.74) is 7.28. The lowest BCUT2D eigenvalue weighted by Gasteiger charge is -2.08. The predicted octanol–water partition coefficient (Wildman–Crippen LogP) is 0.898. The van der Waals surface area contributed by atoms with Crippen molar-refractivity contribution >= 4 is 23.9 Å². The molecule has 0 aliphatic rings. The van der Waals surface area contributed by atoms with Crippen molar-refractivity contribution in [3.8, 4) is 0 Å². The third-order valence-electron chi connectivity index (χ3n) is 3.52. The Morgan fingerprint density at radius 2 is 2.07 bits per heavy atom. The minimum absolute atomic E-state index is 0.00937. The van der Waals surface area contributed by atoms with Crippen LogP contribution in [-0.4, -0.2) is 41.7 Å². The molecule has 0 aliphatic heterocycles. The number of carbonyl (C=O) groups is 2. The quantitative estimate of drug-likeness (QED) is 0.308. The van der Waals surface area contributed by atoms with Crippen molar-refractivity contribution in [3.05, 3.63) is 65.4 Å². The average molecular weight is 368 g/mol. The molecule has 2 aromatic rings. The number of nitrogens with zero attached hydrogens (tertiary/aromatic N) is 2. The fourth-order valence-corrected chi connectivity index (χ4v) is 2.20. The van der Waals surface area contributed by atoms with Gasteiger partial charge < -0.3 is 26.5 Å². The zero-order chi connectivity index (χ0) is 19.6. The van der Waals surface area contributed by atoms with Gasteiger partial charge in [0.1, 0.15) is 0 Å². The van der Waals surface area contributed by atoms with Crippen LogP contribution in [0.1, 0.15) is 26.4 Å². The van der Waals surface area contributed by atoms with E-state index >= 15 is 0 Å². The number of hydrogen-bond acceptors (Lipinski definition) is 8. The van der Waals surface area contributed by atoms with Gasteiger partial charge in [-0.2, -0.15) is 0 Å². The molecule has 0 aliphatic carbocycles. The van der Waals surface area contributed by atoms with Crippen LogP contribution in [0.15, 0.2) is 48.6 Å². The number of aromatic nitrogens is 2. The first-order valence-corrected chi connectivity index (χ1v) is 8.04. The summed E-state index contributed by atoms with van der Waals surface area (Å²) in [6.07, 6.45) is 5.88. The smallest absolute Gasteiger partial charge is 0.337 e. The van der Waals surface area contributed by atoms with Crippen LogP contribution in [0.5, 0.6) is 0 Å². The van der Waals surface area contributed by atoms with Crippen molar-refractivity contribution in [1.29, 1.82) is 5.41 Å². The number of esters is 1. The third-order valence-corrected chi connectivity index (χ3v) is 3.52. The SMILES string of the molecule is COC(=O)c1cccc(CCN/C=C(\C=N)NC(=O)c2nccnc2N)c1. The molecule has 0 radical (unpaired) electrons. The molecule has 0 spiro atoms. The van der Waals surface area contributed by atoms with E-state index in [9.17, 15) is 9.59 Å². The fraction of sp³-hybridized carbons (Fsp3) is 0.167. The second kappa shape index (κ2) is 9.66. The molecule has 0 bridgehead atoms. The number of methoxy groups -OCH3 is 1. The van der Waals surface area contributed by atoms with Gasteiger partial charge in [-0.25, -0.2) is 14.8 Å². The standard InChI is InChI=1S/C18H20N6O3/c1-27-18(26)13-4-2-3-12(9-13)5-6-21-11-14(10-19)24-17(25)15-16(20)23-8-7-22-15/h2-4,7-11,19,21H,5-6H2,1H3,(H2,20,23)(H,24,25)/b14-11+,19-10?. The van der Waals surface area contributed by atoms with Crippen molar-refractivity contribution in [2.75, 3.05) is 19.4 Å². The maximum Gasteiger partial charge on any atom is 0.337 e. The van der Waals surface area contributed by atoms with Crippen LogP contribution in [0.25, 0.3) is 0 Å². The first-order chi connectivity index (χ1) is 13.0. The zero-order valence-electron chi connectivity index (χ0n) is 14.7. The lowest BCUT2D eigenvalue weighted by molar-refractivity contribution is 0.0600. The summed E-state index contributed by atoms with van der Waals surface area (Å²) in [6, 6.07) is 7.12. The molecule has 0 saturated heterocycles. The molecule has 0 unspecified atom stereocenters. The molecule has 9 nitrogen and oxygen atoms in total. The summed E-state index contributed by atoms with van der Waals surface area (Å²) in [5.74, 6) is -0.928. The Bertz CT molecular complexity index is 866. The van der Waals surface area contributed by atoms with Gasteiger partial charge in [-0.3, -0.25) is 4.79 Å². The van der Waals surface area contributed by atoms with Crippen molar-refractivity contribution in [2.45, 2.75) is 6.42 Å². The highest BCUT2D eigenvalue weighted by Gasteiger charge is 2.12. The van der Waals surface area contributed by atoms with E-state index < -0.39 is 5.91 Å². The van der Waals surface area contributed by atoms with Gasteiger partial charge in [-0.1, -0.05) is 12.1 Å². The summed E-state index contributed by atoms with van der Waals surface area (Å²) in [6.45, 7) is 0.533. The monoisotopic (exact) mass is 368 g/mol. The molecule has 0 fully saturated rings. The molecule has 0 atom stereocenters. The lowest BCUT2D eigenvalue weighted by Crippen LogP contribution is -2.27. The zero-order valence-corrected chi connectivity index (χ0v) is 14.7. The Kier molecular flexibility index (Phi) is 7.00. The van der Waals surface area contributed by atoms with Gasteiger partial charge in [-0.15, -0.1) is 0 Å². The number of amides is 1. The minimum Gasteiger partial charge on any atom is -0.465 e. The molecule has 2 rings (SSSR count). The largest absolute Gasteiger partial charge is 0.465 e. The van der Waals surface area contributed by atoms with Crippen LogP contribution in [-0.2, 0) is 11.2 Å². The molecule has 1 heterocycles. The number of nitrogens with two attached hydrogens (primary N) is 1. The summed E-state index contributed by atoms with van der Waals surface area (Å²) >= 11 is 0. The van der Waals surface area contributed by atoms with Crippen molar-refractivity contribution < 1.29 is 14.3 Å². The molecular formula is C18H20N6O3. The number of anilines is 1. The second-order valence-corrected chi connectivity index (χ2v) is 5.38. The summed E-state index contributed by atoms with van der Waals surface area (Å²) in [5, 5.41) is 12.9. The van der Waals surface area contributed by atoms with E-state index in [1.807, 2.05) is 6.07 Å². The minimum atomic E-state index is -0.553. The van der Waals surface area contributed by atoms with E-state index in [1.54, 1.807) is 18.2 Å². The van der Waals surface area contributed by atoms with Crippen molar-refractivity contribution in [3.63, 3.8) is 0 Å². The van der Waals surface area contributed by atoms with E-state index in [1.165, 1.54) is 25.7 Å². The maximum absolute atomic E-state index is 12.1. The summed E-state index contributed by atoms with van der Waals surface area (Å²) in [4.78, 5) is 31.3. The molecule has 27 heavy (non-hydrogen) atoms. The summed E-state index contributed by atoms with van der Waals surface area (Å²) in [7, 11) is 1.34. The van der Waals surface area contributed by atoms with Gasteiger partial charge in [0.25, 0.3) is 5.91 Å². The Morgan fingerprint density at radius 1 is 1.30 bits per heavy atom. The van der Waals surface area contributed by atoms with E-state index in [-0.39, 0.29) is 23.2 Å². The lowest BCUT2D eigenvalue weighted by atomic mass is 10.1. The number of ether oxygens (including phenoxy) is 1. The normalized spacial score (nSPS) is 10.8. The van der Waals surface area contributed by atoms with Crippen LogP contribution in [0.3, 0.4) is 0 Å². The highest BCUT2D eigenvalue weighted by Crippen LogP contribution is 2.07. The number of hydrogen-bond donors (Lipinski definition) is 4. The number of carbonyl (C=O) groups excluding carboxylic acids is 2. The van der Waals surface area contributed by atoms with Gasteiger partial charge in [0.15, 0.2) is 11.5 Å². The number of nitrogen functional groups attached to an aromatic ring is 1. The highest BCUT2D eigenvalue weighted by molar-refractivity contribution is 5.99. The van der Waals surface area contributed by atoms with Crippen LogP contribution in [0.4, 0.5) is 5.82 Å². The second-order valence-electron chi connectivity index (χ2n) is 5.38. The molecule has 0 saturated carbocycles. The topological polar surface area (TPSA) is 143 Å². The molecule has 140 valence electrons. The van der Waals surface area contributed by atoms with Crippen LogP contribution < -0.4 is 16.4 Å². The first-order valence-electron chi connectivity index (χ1n) is 8.04. The molecular weight excluding hydrogens is 348 g/mol. The average Bonchev–Trinajstić information content (AvgIpc) is 2.70. The van der Waals surface area contributed by atoms with Gasteiger partial charge in [0.05, 0.1) is 18.4 Å². The van der Waals surface area contributed by atoms with E-state index in [0.29, 0.717) is 18.5 Å². The molecule has 1 amide bonds. The summed E-state index contributed by atoms with van der Waals surface area (Å²) < 4.78 is 4.70. The third kappa shape index (κ3) is 5.63. The van der Waals surface area contributed by atoms with Gasteiger partial charge in [0, 0.05) is 31.4 Å². The maximum atomic E-state index is 12.1. The fourth-order valence-electron chi connectivity index (χ4n) is 2.20. The Hall–Kier alpha value is -3.75. The van der Waals surface area contributed by atoms with E-state index in [2.05, 4.69) is 20.6 Å². The van der Waals surface area contributed by atoms with E-state index in [0.717, 1.165) is 11.8 Å². The Labute approximate surface area is 156 Å². The number of benzene rings is 1. The molecule has 5 N–H and O–H groups in total. The van der Waals surface area contributed by atoms with Crippen molar-refractivity contribution in [1.82, 2.24) is 20.6 Å². The van der Waals surface area contributed by atoms with E-state index in [4.69, 9.17) is 15.9 Å². The van der Waals surface area contributed by atoms with Crippen LogP contribution in [0.2, 0.25) is 0 Å². The van der Waals surface area contributed by atoms with Crippen molar-refractivity contribution in [2.24, 2.45) is 0 Å². The molecule has 1 aromatic carbocycles.